The Bertz CT molecular complexity index is 1050. The minimum absolute atomic E-state index is 0.159. The molecule has 5 nitrogen and oxygen atoms in total. The van der Waals surface area contributed by atoms with E-state index in [1.165, 1.54) is 6.07 Å². The highest BCUT2D eigenvalue weighted by atomic mass is 35.5. The van der Waals surface area contributed by atoms with Crippen LogP contribution in [0.2, 0.25) is 5.02 Å². The Morgan fingerprint density at radius 3 is 2.50 bits per heavy atom. The molecule has 0 radical (unpaired) electrons. The SMILES string of the molecule is Cc1ccc(NC(=O)[C@H](Cc2ccccc2)NS(=O)(=O)c2cccs2)c(Cl)c1. The lowest BCUT2D eigenvalue weighted by Gasteiger charge is -2.19. The molecule has 1 heterocycles. The summed E-state index contributed by atoms with van der Waals surface area (Å²) in [7, 11) is -3.82. The monoisotopic (exact) mass is 434 g/mol. The number of hydrogen-bond donors (Lipinski definition) is 2. The van der Waals surface area contributed by atoms with Crippen LogP contribution in [0, 0.1) is 6.92 Å². The van der Waals surface area contributed by atoms with Gasteiger partial charge in [-0.25, -0.2) is 8.42 Å². The minimum Gasteiger partial charge on any atom is -0.323 e. The van der Waals surface area contributed by atoms with Crippen LogP contribution in [-0.2, 0) is 21.2 Å². The van der Waals surface area contributed by atoms with Crippen LogP contribution in [0.5, 0.6) is 0 Å². The normalized spacial score (nSPS) is 12.5. The molecule has 146 valence electrons. The summed E-state index contributed by atoms with van der Waals surface area (Å²) in [6.45, 7) is 1.89. The first kappa shape index (κ1) is 20.5. The van der Waals surface area contributed by atoms with Crippen molar-refractivity contribution in [1.82, 2.24) is 4.72 Å². The third kappa shape index (κ3) is 5.20. The summed E-state index contributed by atoms with van der Waals surface area (Å²) in [5, 5.41) is 4.80. The van der Waals surface area contributed by atoms with E-state index >= 15 is 0 Å². The maximum atomic E-state index is 12.9. The summed E-state index contributed by atoms with van der Waals surface area (Å²) in [5.41, 5.74) is 2.24. The molecule has 0 aliphatic rings. The Hall–Kier alpha value is -2.19. The van der Waals surface area contributed by atoms with Gasteiger partial charge in [-0.2, -0.15) is 4.72 Å². The largest absolute Gasteiger partial charge is 0.323 e. The van der Waals surface area contributed by atoms with Crippen LogP contribution < -0.4 is 10.0 Å². The van der Waals surface area contributed by atoms with Crippen molar-refractivity contribution in [2.45, 2.75) is 23.6 Å². The number of halogens is 1. The van der Waals surface area contributed by atoms with Crippen molar-refractivity contribution in [3.63, 3.8) is 0 Å². The maximum absolute atomic E-state index is 12.9. The van der Waals surface area contributed by atoms with E-state index in [4.69, 9.17) is 11.6 Å². The predicted octanol–water partition coefficient (Wildman–Crippen LogP) is 4.24. The molecule has 2 aromatic carbocycles. The summed E-state index contributed by atoms with van der Waals surface area (Å²) in [5.74, 6) is -0.477. The summed E-state index contributed by atoms with van der Waals surface area (Å²) in [4.78, 5) is 12.9. The number of aryl methyl sites for hydroxylation is 1. The average molecular weight is 435 g/mol. The number of amides is 1. The number of nitrogens with one attached hydrogen (secondary N) is 2. The molecule has 28 heavy (non-hydrogen) atoms. The molecule has 0 saturated heterocycles. The molecule has 0 bridgehead atoms. The Morgan fingerprint density at radius 1 is 1.11 bits per heavy atom. The zero-order valence-corrected chi connectivity index (χ0v) is 17.4. The highest BCUT2D eigenvalue weighted by Gasteiger charge is 2.27. The molecule has 3 aromatic rings. The first-order valence-corrected chi connectivity index (χ1v) is 11.3. The highest BCUT2D eigenvalue weighted by molar-refractivity contribution is 7.91. The predicted molar refractivity (Wildman–Crippen MR) is 113 cm³/mol. The Balaban J connectivity index is 1.85. The number of carbonyl (C=O) groups excluding carboxylic acids is 1. The second-order valence-corrected chi connectivity index (χ2v) is 9.56. The van der Waals surface area contributed by atoms with Gasteiger partial charge in [0.1, 0.15) is 10.3 Å². The molecule has 8 heteroatoms. The Morgan fingerprint density at radius 2 is 1.86 bits per heavy atom. The molecule has 2 N–H and O–H groups in total. The van der Waals surface area contributed by atoms with E-state index in [2.05, 4.69) is 10.0 Å². The molecule has 1 amide bonds. The Labute approximate surface area is 173 Å². The van der Waals surface area contributed by atoms with Gasteiger partial charge in [-0.05, 0) is 48.1 Å². The number of rotatable bonds is 7. The summed E-state index contributed by atoms with van der Waals surface area (Å²) < 4.78 is 28.0. The van der Waals surface area contributed by atoms with E-state index in [0.717, 1.165) is 22.5 Å². The van der Waals surface area contributed by atoms with Gasteiger partial charge in [0.15, 0.2) is 0 Å². The van der Waals surface area contributed by atoms with E-state index in [0.29, 0.717) is 10.7 Å². The van der Waals surface area contributed by atoms with Gasteiger partial charge in [0, 0.05) is 0 Å². The van der Waals surface area contributed by atoms with Gasteiger partial charge in [0.05, 0.1) is 10.7 Å². The molecule has 0 spiro atoms. The Kier molecular flexibility index (Phi) is 6.51. The molecule has 0 aliphatic carbocycles. The molecular formula is C20H19ClN2O3S2. The van der Waals surface area contributed by atoms with Crippen LogP contribution in [0.3, 0.4) is 0 Å². The van der Waals surface area contributed by atoms with Crippen LogP contribution in [0.15, 0.2) is 70.3 Å². The zero-order valence-electron chi connectivity index (χ0n) is 15.1. The fourth-order valence-corrected chi connectivity index (χ4v) is 5.13. The van der Waals surface area contributed by atoms with Gasteiger partial charge in [-0.3, -0.25) is 4.79 Å². The van der Waals surface area contributed by atoms with Crippen molar-refractivity contribution in [1.29, 1.82) is 0 Å². The van der Waals surface area contributed by atoms with Crippen molar-refractivity contribution in [2.75, 3.05) is 5.32 Å². The number of sulfonamides is 1. The van der Waals surface area contributed by atoms with E-state index < -0.39 is 22.0 Å². The highest BCUT2D eigenvalue weighted by Crippen LogP contribution is 2.23. The van der Waals surface area contributed by atoms with Gasteiger partial charge in [0.2, 0.25) is 5.91 Å². The van der Waals surface area contributed by atoms with E-state index in [1.807, 2.05) is 43.3 Å². The zero-order chi connectivity index (χ0) is 20.1. The lowest BCUT2D eigenvalue weighted by Crippen LogP contribution is -2.45. The third-order valence-electron chi connectivity index (χ3n) is 4.04. The fraction of sp³-hybridized carbons (Fsp3) is 0.150. The van der Waals surface area contributed by atoms with Crippen LogP contribution in [0.1, 0.15) is 11.1 Å². The van der Waals surface area contributed by atoms with Crippen LogP contribution in [-0.4, -0.2) is 20.4 Å². The van der Waals surface area contributed by atoms with Crippen molar-refractivity contribution >= 4 is 44.6 Å². The first-order chi connectivity index (χ1) is 13.3. The molecule has 3 rings (SSSR count). The molecule has 0 unspecified atom stereocenters. The van der Waals surface area contributed by atoms with E-state index in [-0.39, 0.29) is 10.6 Å². The van der Waals surface area contributed by atoms with Gasteiger partial charge in [-0.15, -0.1) is 11.3 Å². The number of hydrogen-bond acceptors (Lipinski definition) is 4. The van der Waals surface area contributed by atoms with Crippen molar-refractivity contribution in [3.8, 4) is 0 Å². The smallest absolute Gasteiger partial charge is 0.250 e. The summed E-state index contributed by atoms with van der Waals surface area (Å²) in [6.07, 6.45) is 0.209. The molecular weight excluding hydrogens is 416 g/mol. The van der Waals surface area contributed by atoms with E-state index in [9.17, 15) is 13.2 Å². The second-order valence-electron chi connectivity index (χ2n) is 6.27. The first-order valence-electron chi connectivity index (χ1n) is 8.52. The average Bonchev–Trinajstić information content (AvgIpc) is 3.20. The third-order valence-corrected chi connectivity index (χ3v) is 7.22. The molecule has 1 atom stereocenters. The number of benzene rings is 2. The maximum Gasteiger partial charge on any atom is 0.250 e. The van der Waals surface area contributed by atoms with Crippen molar-refractivity contribution in [3.05, 3.63) is 82.2 Å². The molecule has 0 saturated carbocycles. The second kappa shape index (κ2) is 8.87. The van der Waals surface area contributed by atoms with Crippen LogP contribution in [0.4, 0.5) is 5.69 Å². The van der Waals surface area contributed by atoms with Crippen LogP contribution >= 0.6 is 22.9 Å². The fourth-order valence-electron chi connectivity index (χ4n) is 2.64. The van der Waals surface area contributed by atoms with Crippen molar-refractivity contribution in [2.24, 2.45) is 0 Å². The van der Waals surface area contributed by atoms with Gasteiger partial charge in [-0.1, -0.05) is 54.1 Å². The van der Waals surface area contributed by atoms with Gasteiger partial charge >= 0.3 is 0 Å². The lowest BCUT2D eigenvalue weighted by molar-refractivity contribution is -0.117. The molecule has 0 aliphatic heterocycles. The van der Waals surface area contributed by atoms with Gasteiger partial charge < -0.3 is 5.32 Å². The molecule has 1 aromatic heterocycles. The summed E-state index contributed by atoms with van der Waals surface area (Å²) >= 11 is 7.30. The van der Waals surface area contributed by atoms with Gasteiger partial charge in [0.25, 0.3) is 10.0 Å². The number of anilines is 1. The minimum atomic E-state index is -3.82. The number of carbonyl (C=O) groups is 1. The lowest BCUT2D eigenvalue weighted by atomic mass is 10.1. The van der Waals surface area contributed by atoms with E-state index in [1.54, 1.807) is 23.6 Å². The summed E-state index contributed by atoms with van der Waals surface area (Å²) in [6, 6.07) is 16.7. The van der Waals surface area contributed by atoms with Crippen LogP contribution in [0.25, 0.3) is 0 Å². The van der Waals surface area contributed by atoms with Crippen molar-refractivity contribution < 1.29 is 13.2 Å². The molecule has 0 fully saturated rings. The quantitative estimate of drug-likeness (QED) is 0.584. The standard InChI is InChI=1S/C20H19ClN2O3S2/c1-14-9-10-17(16(21)12-14)22-20(24)18(13-15-6-3-2-4-7-15)23-28(25,26)19-8-5-11-27-19/h2-12,18,23H,13H2,1H3,(H,22,24)/t18-/m0/s1. The topological polar surface area (TPSA) is 75.3 Å². The number of thiophene rings is 1.